The Balaban J connectivity index is 1.87. The predicted octanol–water partition coefficient (Wildman–Crippen LogP) is 0.338. The molecule has 2 aliphatic heterocycles. The molecule has 0 spiro atoms. The minimum Gasteiger partial charge on any atom is -0.396 e. The quantitative estimate of drug-likeness (QED) is 0.681. The van der Waals surface area contributed by atoms with Crippen LogP contribution < -0.4 is 10.6 Å². The molecule has 116 valence electrons. The first-order valence-corrected chi connectivity index (χ1v) is 7.88. The minimum absolute atomic E-state index is 0.0348. The molecule has 2 fully saturated rings. The number of aliphatic hydroxyl groups excluding tert-OH is 1. The second-order valence-electron chi connectivity index (χ2n) is 6.92. The number of rotatable bonds is 5. The lowest BCUT2D eigenvalue weighted by Crippen LogP contribution is -2.51. The van der Waals surface area contributed by atoms with Crippen molar-refractivity contribution in [3.05, 3.63) is 0 Å². The molecule has 1 atom stereocenters. The summed E-state index contributed by atoms with van der Waals surface area (Å²) in [5, 5.41) is 15.7. The lowest BCUT2D eigenvalue weighted by molar-refractivity contribution is -0.127. The van der Waals surface area contributed by atoms with Crippen LogP contribution in [0.1, 0.15) is 39.5 Å². The molecule has 0 aromatic carbocycles. The first kappa shape index (κ1) is 15.7. The summed E-state index contributed by atoms with van der Waals surface area (Å²) in [5.74, 6) is 0.141. The molecular weight excluding hydrogens is 254 g/mol. The van der Waals surface area contributed by atoms with Crippen molar-refractivity contribution in [2.24, 2.45) is 5.41 Å². The maximum absolute atomic E-state index is 12.4. The Labute approximate surface area is 122 Å². The molecule has 0 radical (unpaired) electrons. The average Bonchev–Trinajstić information content (AvgIpc) is 2.95. The number of nitrogens with zero attached hydrogens (tertiary/aromatic N) is 1. The molecular formula is C15H29N3O2. The van der Waals surface area contributed by atoms with Gasteiger partial charge in [-0.2, -0.15) is 0 Å². The van der Waals surface area contributed by atoms with Gasteiger partial charge in [-0.25, -0.2) is 0 Å². The van der Waals surface area contributed by atoms with Crippen LogP contribution in [-0.4, -0.2) is 60.8 Å². The van der Waals surface area contributed by atoms with Gasteiger partial charge in [0, 0.05) is 24.6 Å². The largest absolute Gasteiger partial charge is 0.396 e. The van der Waals surface area contributed by atoms with Crippen molar-refractivity contribution < 1.29 is 9.90 Å². The summed E-state index contributed by atoms with van der Waals surface area (Å²) in [6.07, 6.45) is 4.37. The van der Waals surface area contributed by atoms with Crippen molar-refractivity contribution in [3.8, 4) is 0 Å². The highest BCUT2D eigenvalue weighted by molar-refractivity contribution is 5.82. The maximum atomic E-state index is 12.4. The van der Waals surface area contributed by atoms with Crippen LogP contribution in [-0.2, 0) is 4.79 Å². The lowest BCUT2D eigenvalue weighted by Gasteiger charge is -2.35. The van der Waals surface area contributed by atoms with Crippen LogP contribution >= 0.6 is 0 Å². The Morgan fingerprint density at radius 3 is 2.70 bits per heavy atom. The summed E-state index contributed by atoms with van der Waals surface area (Å²) in [4.78, 5) is 14.8. The van der Waals surface area contributed by atoms with E-state index in [4.69, 9.17) is 0 Å². The molecule has 2 heterocycles. The van der Waals surface area contributed by atoms with E-state index in [0.29, 0.717) is 12.6 Å². The fourth-order valence-corrected chi connectivity index (χ4v) is 3.15. The van der Waals surface area contributed by atoms with Crippen LogP contribution in [0.4, 0.5) is 0 Å². The van der Waals surface area contributed by atoms with Gasteiger partial charge in [-0.3, -0.25) is 9.69 Å². The number of hydrogen-bond acceptors (Lipinski definition) is 4. The molecule has 0 aromatic rings. The van der Waals surface area contributed by atoms with Crippen LogP contribution in [0.2, 0.25) is 0 Å². The summed E-state index contributed by atoms with van der Waals surface area (Å²) in [6, 6.07) is 0.591. The van der Waals surface area contributed by atoms with Gasteiger partial charge in [0.25, 0.3) is 0 Å². The number of hydrogen-bond donors (Lipinski definition) is 3. The van der Waals surface area contributed by atoms with Gasteiger partial charge < -0.3 is 15.7 Å². The molecule has 5 heteroatoms. The standard InChI is InChI=1S/C15H29N3O2/c1-15(2,11-19)10-17-14(20)13-4-3-9-18(13)12-5-7-16-8-6-12/h12-13,16,19H,3-11H2,1-2H3,(H,17,20). The smallest absolute Gasteiger partial charge is 0.237 e. The molecule has 0 aliphatic carbocycles. The summed E-state index contributed by atoms with van der Waals surface area (Å²) in [7, 11) is 0. The lowest BCUT2D eigenvalue weighted by atomic mass is 9.95. The fraction of sp³-hybridized carbons (Fsp3) is 0.933. The molecule has 0 aromatic heterocycles. The summed E-state index contributed by atoms with van der Waals surface area (Å²) < 4.78 is 0. The van der Waals surface area contributed by atoms with E-state index in [9.17, 15) is 9.90 Å². The summed E-state index contributed by atoms with van der Waals surface area (Å²) in [5.41, 5.74) is -0.242. The van der Waals surface area contributed by atoms with Crippen LogP contribution in [0.5, 0.6) is 0 Å². The highest BCUT2D eigenvalue weighted by Crippen LogP contribution is 2.24. The zero-order valence-electron chi connectivity index (χ0n) is 12.8. The Morgan fingerprint density at radius 1 is 1.35 bits per heavy atom. The Morgan fingerprint density at radius 2 is 2.05 bits per heavy atom. The Bertz CT molecular complexity index is 327. The monoisotopic (exact) mass is 283 g/mol. The molecule has 1 amide bonds. The summed E-state index contributed by atoms with van der Waals surface area (Å²) in [6.45, 7) is 7.74. The zero-order valence-corrected chi connectivity index (χ0v) is 12.8. The van der Waals surface area contributed by atoms with Crippen molar-refractivity contribution in [2.45, 2.75) is 51.6 Å². The third-order valence-corrected chi connectivity index (χ3v) is 4.54. The number of carbonyl (C=O) groups excluding carboxylic acids is 1. The van der Waals surface area contributed by atoms with Gasteiger partial charge in [0.15, 0.2) is 0 Å². The molecule has 5 nitrogen and oxygen atoms in total. The van der Waals surface area contributed by atoms with Gasteiger partial charge in [0.1, 0.15) is 0 Å². The normalized spacial score (nSPS) is 25.9. The van der Waals surface area contributed by atoms with Gasteiger partial charge >= 0.3 is 0 Å². The maximum Gasteiger partial charge on any atom is 0.237 e. The van der Waals surface area contributed by atoms with E-state index in [1.54, 1.807) is 0 Å². The van der Waals surface area contributed by atoms with Gasteiger partial charge in [-0.05, 0) is 45.3 Å². The van der Waals surface area contributed by atoms with E-state index in [1.165, 1.54) is 0 Å². The van der Waals surface area contributed by atoms with Crippen molar-refractivity contribution in [1.29, 1.82) is 0 Å². The van der Waals surface area contributed by atoms with E-state index >= 15 is 0 Å². The SMILES string of the molecule is CC(C)(CO)CNC(=O)C1CCCN1C1CCNCC1. The fourth-order valence-electron chi connectivity index (χ4n) is 3.15. The topological polar surface area (TPSA) is 64.6 Å². The van der Waals surface area contributed by atoms with Crippen LogP contribution in [0, 0.1) is 5.41 Å². The van der Waals surface area contributed by atoms with Gasteiger partial charge in [0.2, 0.25) is 5.91 Å². The van der Waals surface area contributed by atoms with Crippen LogP contribution in [0.15, 0.2) is 0 Å². The molecule has 3 N–H and O–H groups in total. The number of amides is 1. The molecule has 2 saturated heterocycles. The third-order valence-electron chi connectivity index (χ3n) is 4.54. The third kappa shape index (κ3) is 3.93. The number of carbonyl (C=O) groups is 1. The minimum atomic E-state index is -0.242. The Hall–Kier alpha value is -0.650. The van der Waals surface area contributed by atoms with Crippen LogP contribution in [0.3, 0.4) is 0 Å². The van der Waals surface area contributed by atoms with E-state index in [2.05, 4.69) is 15.5 Å². The first-order chi connectivity index (χ1) is 9.53. The second-order valence-corrected chi connectivity index (χ2v) is 6.92. The molecule has 2 rings (SSSR count). The van der Waals surface area contributed by atoms with Gasteiger partial charge in [0.05, 0.1) is 6.04 Å². The van der Waals surface area contributed by atoms with Crippen molar-refractivity contribution in [2.75, 3.05) is 32.8 Å². The predicted molar refractivity (Wildman–Crippen MR) is 79.5 cm³/mol. The van der Waals surface area contributed by atoms with Crippen LogP contribution in [0.25, 0.3) is 0 Å². The molecule has 0 bridgehead atoms. The number of piperidine rings is 1. The number of likely N-dealkylation sites (tertiary alicyclic amines) is 1. The molecule has 2 aliphatic rings. The van der Waals surface area contributed by atoms with E-state index in [1.807, 2.05) is 13.8 Å². The molecule has 0 saturated carbocycles. The van der Waals surface area contributed by atoms with E-state index < -0.39 is 0 Å². The van der Waals surface area contributed by atoms with Crippen molar-refractivity contribution in [1.82, 2.24) is 15.5 Å². The average molecular weight is 283 g/mol. The summed E-state index contributed by atoms with van der Waals surface area (Å²) >= 11 is 0. The second kappa shape index (κ2) is 6.87. The highest BCUT2D eigenvalue weighted by atomic mass is 16.3. The molecule has 1 unspecified atom stereocenters. The Kier molecular flexibility index (Phi) is 5.41. The number of aliphatic hydroxyl groups is 1. The highest BCUT2D eigenvalue weighted by Gasteiger charge is 2.36. The van der Waals surface area contributed by atoms with Gasteiger partial charge in [-0.1, -0.05) is 13.8 Å². The van der Waals surface area contributed by atoms with E-state index in [-0.39, 0.29) is 24.0 Å². The van der Waals surface area contributed by atoms with Gasteiger partial charge in [-0.15, -0.1) is 0 Å². The van der Waals surface area contributed by atoms with Crippen molar-refractivity contribution >= 4 is 5.91 Å². The first-order valence-electron chi connectivity index (χ1n) is 7.88. The molecule has 20 heavy (non-hydrogen) atoms. The number of nitrogens with one attached hydrogen (secondary N) is 2. The van der Waals surface area contributed by atoms with Crippen molar-refractivity contribution in [3.63, 3.8) is 0 Å². The van der Waals surface area contributed by atoms with E-state index in [0.717, 1.165) is 45.3 Å². The zero-order chi connectivity index (χ0) is 14.6.